The number of methoxy groups -OCH3 is 1. The van der Waals surface area contributed by atoms with Gasteiger partial charge in [0, 0.05) is 34.7 Å². The third-order valence-electron chi connectivity index (χ3n) is 8.50. The van der Waals surface area contributed by atoms with E-state index in [9.17, 15) is 34.8 Å². The number of primary amides is 1. The summed E-state index contributed by atoms with van der Waals surface area (Å²) < 4.78 is 5.76. The lowest BCUT2D eigenvalue weighted by Gasteiger charge is -2.50. The van der Waals surface area contributed by atoms with E-state index in [1.807, 2.05) is 27.8 Å². The Morgan fingerprint density at radius 3 is 2.22 bits per heavy atom. The van der Waals surface area contributed by atoms with Gasteiger partial charge >= 0.3 is 0 Å². The second-order valence-electron chi connectivity index (χ2n) is 11.9. The number of hydrogen-bond donors (Lipinski definition) is 5. The molecular weight excluding hydrogens is 577 g/mol. The first kappa shape index (κ1) is 34.4. The molecule has 3 aliphatic rings. The summed E-state index contributed by atoms with van der Waals surface area (Å²) in [4.78, 5) is 42.8. The van der Waals surface area contributed by atoms with Crippen molar-refractivity contribution in [3.05, 3.63) is 39.7 Å². The van der Waals surface area contributed by atoms with E-state index < -0.39 is 58.0 Å². The number of carbonyl (C=O) groups excluding carboxylic acids is 3. The zero-order valence-electron chi connectivity index (χ0n) is 24.1. The fourth-order valence-electron chi connectivity index (χ4n) is 6.22. The topological polar surface area (TPSA) is 174 Å². The van der Waals surface area contributed by atoms with Crippen LogP contribution in [0.15, 0.2) is 23.0 Å². The minimum Gasteiger partial charge on any atom is -0.508 e. The zero-order chi connectivity index (χ0) is 29.4. The first-order chi connectivity index (χ1) is 18.0. The fraction of sp³-hybridized carbons (Fsp3) is 0.536. The van der Waals surface area contributed by atoms with Crippen LogP contribution in [0.25, 0.3) is 5.76 Å². The van der Waals surface area contributed by atoms with Gasteiger partial charge < -0.3 is 30.9 Å². The molecule has 3 aliphatic carbocycles. The van der Waals surface area contributed by atoms with E-state index in [1.54, 1.807) is 14.1 Å². The Morgan fingerprint density at radius 1 is 1.15 bits per heavy atom. The highest BCUT2D eigenvalue weighted by Gasteiger charge is 2.64. The summed E-state index contributed by atoms with van der Waals surface area (Å²) in [6.07, 6.45) is 0.181. The summed E-state index contributed by atoms with van der Waals surface area (Å²) in [6.45, 7) is 6.58. The molecule has 1 saturated carbocycles. The van der Waals surface area contributed by atoms with Gasteiger partial charge in [-0.3, -0.25) is 24.2 Å². The number of likely N-dealkylation sites (N-methyl/N-ethyl adjacent to an activating group) is 1. The number of carbonyl (C=O) groups is 3. The molecule has 0 heterocycles. The monoisotopic (exact) mass is 615 g/mol. The maximum absolute atomic E-state index is 13.9. The fourth-order valence-corrected chi connectivity index (χ4v) is 6.22. The molecule has 0 aliphatic heterocycles. The van der Waals surface area contributed by atoms with Gasteiger partial charge in [-0.2, -0.15) is 0 Å². The molecular formula is C28H39Cl2N3O8. The molecule has 4 atom stereocenters. The Kier molecular flexibility index (Phi) is 9.60. The van der Waals surface area contributed by atoms with Crippen molar-refractivity contribution in [1.82, 2.24) is 9.80 Å². The van der Waals surface area contributed by atoms with Crippen molar-refractivity contribution in [2.75, 3.05) is 28.3 Å². The Balaban J connectivity index is 0.00000294. The number of aliphatic hydroxyl groups excluding tert-OH is 2. The number of phenolic OH excluding ortho intramolecular Hbond substituents is 1. The number of nitrogens with zero attached hydrogens (tertiary/aromatic N) is 2. The van der Waals surface area contributed by atoms with Crippen LogP contribution in [0.2, 0.25) is 0 Å². The number of nitrogens with two attached hydrogens (primary N) is 1. The maximum atomic E-state index is 13.9. The quantitative estimate of drug-likeness (QED) is 0.308. The van der Waals surface area contributed by atoms with E-state index in [1.165, 1.54) is 18.1 Å². The SMILES string of the molecule is COc1c(CN(C)C(C)(C)C)cc(O)c2c1C[C@H]1C[C@H]3[C@H](N(C)C)C(=O)C(C(N)=O)=C(O)[C@@]3(O)C(=O)C1=C2O.Cl.Cl. The molecule has 228 valence electrons. The minimum atomic E-state index is -2.67. The van der Waals surface area contributed by atoms with Crippen LogP contribution >= 0.6 is 24.8 Å². The maximum Gasteiger partial charge on any atom is 0.255 e. The van der Waals surface area contributed by atoms with Crippen LogP contribution in [-0.4, -0.2) is 93.1 Å². The highest BCUT2D eigenvalue weighted by atomic mass is 35.5. The van der Waals surface area contributed by atoms with Crippen LogP contribution in [0.5, 0.6) is 11.5 Å². The first-order valence-electron chi connectivity index (χ1n) is 12.8. The number of hydrogen-bond acceptors (Lipinski definition) is 10. The van der Waals surface area contributed by atoms with Crippen LogP contribution < -0.4 is 10.5 Å². The van der Waals surface area contributed by atoms with Crippen LogP contribution in [-0.2, 0) is 27.3 Å². The number of fused-ring (bicyclic) bond motifs is 3. The van der Waals surface area contributed by atoms with Gasteiger partial charge in [0.05, 0.1) is 18.7 Å². The molecule has 0 unspecified atom stereocenters. The number of amides is 1. The summed E-state index contributed by atoms with van der Waals surface area (Å²) >= 11 is 0. The van der Waals surface area contributed by atoms with E-state index in [0.29, 0.717) is 23.4 Å². The molecule has 0 radical (unpaired) electrons. The number of benzene rings is 1. The summed E-state index contributed by atoms with van der Waals surface area (Å²) in [5.74, 6) is -6.37. The van der Waals surface area contributed by atoms with Gasteiger partial charge in [0.2, 0.25) is 5.78 Å². The van der Waals surface area contributed by atoms with Crippen LogP contribution in [0.4, 0.5) is 0 Å². The number of phenols is 1. The van der Waals surface area contributed by atoms with Gasteiger partial charge in [-0.1, -0.05) is 0 Å². The third-order valence-corrected chi connectivity index (χ3v) is 8.50. The number of aliphatic hydroxyl groups is 3. The summed E-state index contributed by atoms with van der Waals surface area (Å²) in [6, 6.07) is 0.343. The third kappa shape index (κ3) is 5.08. The van der Waals surface area contributed by atoms with Gasteiger partial charge in [-0.15, -0.1) is 24.8 Å². The molecule has 0 saturated heterocycles. The van der Waals surface area contributed by atoms with Gasteiger partial charge in [0.15, 0.2) is 11.4 Å². The average molecular weight is 617 g/mol. The number of Topliss-reactive ketones (excluding diaryl/α,β-unsaturated/α-hetero) is 2. The predicted molar refractivity (Wildman–Crippen MR) is 157 cm³/mol. The molecule has 4 rings (SSSR count). The van der Waals surface area contributed by atoms with Gasteiger partial charge in [-0.05, 0) is 66.7 Å². The van der Waals surface area contributed by atoms with Gasteiger partial charge in [0.25, 0.3) is 5.91 Å². The van der Waals surface area contributed by atoms with Crippen molar-refractivity contribution >= 4 is 48.0 Å². The number of rotatable bonds is 5. The van der Waals surface area contributed by atoms with Gasteiger partial charge in [-0.25, -0.2) is 0 Å². The number of ketones is 2. The molecule has 1 aromatic carbocycles. The molecule has 0 spiro atoms. The lowest BCUT2D eigenvalue weighted by atomic mass is 9.57. The summed E-state index contributed by atoms with van der Waals surface area (Å²) in [7, 11) is 6.55. The minimum absolute atomic E-state index is 0. The molecule has 1 amide bonds. The molecule has 11 nitrogen and oxygen atoms in total. The summed E-state index contributed by atoms with van der Waals surface area (Å²) in [5.41, 5.74) is 2.67. The zero-order valence-corrected chi connectivity index (χ0v) is 25.8. The van der Waals surface area contributed by atoms with E-state index in [-0.39, 0.29) is 60.1 Å². The molecule has 41 heavy (non-hydrogen) atoms. The van der Waals surface area contributed by atoms with Crippen LogP contribution in [0, 0.1) is 11.8 Å². The number of halogens is 2. The van der Waals surface area contributed by atoms with E-state index >= 15 is 0 Å². The Bertz CT molecular complexity index is 1350. The molecule has 1 aromatic rings. The van der Waals surface area contributed by atoms with E-state index in [2.05, 4.69) is 4.90 Å². The number of ether oxygens (including phenoxy) is 1. The normalized spacial score (nSPS) is 25.8. The van der Waals surface area contributed by atoms with Gasteiger partial charge in [0.1, 0.15) is 28.6 Å². The largest absolute Gasteiger partial charge is 0.508 e. The van der Waals surface area contributed by atoms with Crippen molar-refractivity contribution in [2.24, 2.45) is 17.6 Å². The van der Waals surface area contributed by atoms with Crippen molar-refractivity contribution in [2.45, 2.75) is 57.3 Å². The van der Waals surface area contributed by atoms with Crippen LogP contribution in [0.1, 0.15) is 43.9 Å². The van der Waals surface area contributed by atoms with Crippen molar-refractivity contribution in [3.63, 3.8) is 0 Å². The average Bonchev–Trinajstić information content (AvgIpc) is 2.80. The number of aromatic hydroxyl groups is 1. The lowest BCUT2D eigenvalue weighted by molar-refractivity contribution is -0.153. The molecule has 0 aromatic heterocycles. The Hall–Kier alpha value is -2.83. The van der Waals surface area contributed by atoms with Crippen molar-refractivity contribution in [3.8, 4) is 11.5 Å². The second-order valence-corrected chi connectivity index (χ2v) is 11.9. The Morgan fingerprint density at radius 2 is 1.73 bits per heavy atom. The van der Waals surface area contributed by atoms with E-state index in [0.717, 1.165) is 0 Å². The first-order valence-corrected chi connectivity index (χ1v) is 12.8. The summed E-state index contributed by atoms with van der Waals surface area (Å²) in [5, 5.41) is 45.0. The highest BCUT2D eigenvalue weighted by Crippen LogP contribution is 2.54. The highest BCUT2D eigenvalue weighted by molar-refractivity contribution is 6.24. The van der Waals surface area contributed by atoms with Crippen molar-refractivity contribution in [1.29, 1.82) is 0 Å². The molecule has 0 bridgehead atoms. The Labute approximate surface area is 251 Å². The second kappa shape index (κ2) is 11.4. The van der Waals surface area contributed by atoms with Crippen LogP contribution in [0.3, 0.4) is 0 Å². The lowest BCUT2D eigenvalue weighted by Crippen LogP contribution is -2.65. The van der Waals surface area contributed by atoms with Crippen molar-refractivity contribution < 1.29 is 39.5 Å². The molecule has 1 fully saturated rings. The standard InChI is InChI=1S/C28H37N3O8.2ClH/c1-27(2,3)31(6)11-13-10-16(32)18-14(23(13)39-7)8-12-9-15-20(30(4)5)22(34)19(26(29)37)25(36)28(15,38)24(35)17(12)21(18)33;;/h10,12,15,20,32-33,36,38H,8-9,11H2,1-7H3,(H2,29,37);2*1H/t12-,15-,20-,28-;;/m0../s1. The molecule has 13 heteroatoms. The molecule has 6 N–H and O–H groups in total. The smallest absolute Gasteiger partial charge is 0.255 e. The van der Waals surface area contributed by atoms with E-state index in [4.69, 9.17) is 10.5 Å². The predicted octanol–water partition coefficient (Wildman–Crippen LogP) is 2.05.